The SMILES string of the molecule is Cc1ncsc1CN1C(C(=O)O)CCC2CCCCC21. The molecule has 0 bridgehead atoms. The van der Waals surface area contributed by atoms with Gasteiger partial charge in [-0.15, -0.1) is 11.3 Å². The first-order valence-electron chi connectivity index (χ1n) is 7.54. The van der Waals surface area contributed by atoms with Crippen LogP contribution in [0, 0.1) is 12.8 Å². The number of likely N-dealkylation sites (tertiary alicyclic amines) is 1. The highest BCUT2D eigenvalue weighted by atomic mass is 32.1. The van der Waals surface area contributed by atoms with Gasteiger partial charge in [-0.3, -0.25) is 9.69 Å². The van der Waals surface area contributed by atoms with Crippen LogP contribution in [-0.2, 0) is 11.3 Å². The van der Waals surface area contributed by atoms with Crippen LogP contribution in [0.1, 0.15) is 49.1 Å². The largest absolute Gasteiger partial charge is 0.480 e. The summed E-state index contributed by atoms with van der Waals surface area (Å²) in [7, 11) is 0. The predicted molar refractivity (Wildman–Crippen MR) is 78.8 cm³/mol. The monoisotopic (exact) mass is 294 g/mol. The summed E-state index contributed by atoms with van der Waals surface area (Å²) < 4.78 is 0. The van der Waals surface area contributed by atoms with Gasteiger partial charge in [0.05, 0.1) is 11.2 Å². The van der Waals surface area contributed by atoms with E-state index in [0.717, 1.165) is 31.5 Å². The molecule has 1 N–H and O–H groups in total. The van der Waals surface area contributed by atoms with Gasteiger partial charge < -0.3 is 5.11 Å². The van der Waals surface area contributed by atoms with Crippen molar-refractivity contribution in [2.24, 2.45) is 5.92 Å². The standard InChI is InChI=1S/C15H22N2O2S/c1-10-14(20-9-16-10)8-17-12-5-3-2-4-11(12)6-7-13(17)15(18)19/h9,11-13H,2-8H2,1H3,(H,18,19). The topological polar surface area (TPSA) is 53.4 Å². The zero-order valence-electron chi connectivity index (χ0n) is 11.9. The summed E-state index contributed by atoms with van der Waals surface area (Å²) in [5.74, 6) is 0.0452. The molecule has 4 nitrogen and oxygen atoms in total. The van der Waals surface area contributed by atoms with E-state index < -0.39 is 5.97 Å². The molecule has 1 saturated heterocycles. The van der Waals surface area contributed by atoms with Crippen LogP contribution in [0.4, 0.5) is 0 Å². The van der Waals surface area contributed by atoms with Crippen LogP contribution in [0.2, 0.25) is 0 Å². The number of carbonyl (C=O) groups is 1. The van der Waals surface area contributed by atoms with Gasteiger partial charge in [-0.1, -0.05) is 12.8 Å². The van der Waals surface area contributed by atoms with Gasteiger partial charge in [-0.2, -0.15) is 0 Å². The Bertz CT molecular complexity index is 488. The van der Waals surface area contributed by atoms with Crippen LogP contribution < -0.4 is 0 Å². The number of nitrogens with zero attached hydrogens (tertiary/aromatic N) is 2. The molecule has 20 heavy (non-hydrogen) atoms. The summed E-state index contributed by atoms with van der Waals surface area (Å²) in [4.78, 5) is 19.4. The first kappa shape index (κ1) is 14.0. The molecule has 0 spiro atoms. The van der Waals surface area contributed by atoms with Crippen molar-refractivity contribution in [2.75, 3.05) is 0 Å². The van der Waals surface area contributed by atoms with Crippen LogP contribution in [0.15, 0.2) is 5.51 Å². The van der Waals surface area contributed by atoms with Gasteiger partial charge in [-0.05, 0) is 38.5 Å². The molecule has 2 heterocycles. The summed E-state index contributed by atoms with van der Waals surface area (Å²) in [6.07, 6.45) is 6.87. The van der Waals surface area contributed by atoms with Crippen molar-refractivity contribution in [1.82, 2.24) is 9.88 Å². The molecule has 2 aliphatic rings. The number of carboxylic acids is 1. The Morgan fingerprint density at radius 3 is 2.90 bits per heavy atom. The number of aryl methyl sites for hydroxylation is 1. The fourth-order valence-corrected chi connectivity index (χ4v) is 4.65. The van der Waals surface area contributed by atoms with Crippen molar-refractivity contribution in [3.63, 3.8) is 0 Å². The third-order valence-corrected chi connectivity index (χ3v) is 5.88. The van der Waals surface area contributed by atoms with E-state index in [4.69, 9.17) is 0 Å². The molecule has 1 aliphatic heterocycles. The average Bonchev–Trinajstić information content (AvgIpc) is 2.84. The van der Waals surface area contributed by atoms with Crippen molar-refractivity contribution in [1.29, 1.82) is 0 Å². The molecular formula is C15H22N2O2S. The Morgan fingerprint density at radius 2 is 2.20 bits per heavy atom. The molecule has 1 aromatic heterocycles. The number of fused-ring (bicyclic) bond motifs is 1. The van der Waals surface area contributed by atoms with E-state index in [2.05, 4.69) is 9.88 Å². The Kier molecular flexibility index (Phi) is 4.08. The molecule has 0 radical (unpaired) electrons. The minimum atomic E-state index is -0.656. The smallest absolute Gasteiger partial charge is 0.320 e. The van der Waals surface area contributed by atoms with Gasteiger partial charge in [0.2, 0.25) is 0 Å². The van der Waals surface area contributed by atoms with Crippen molar-refractivity contribution in [3.05, 3.63) is 16.1 Å². The van der Waals surface area contributed by atoms with Crippen LogP contribution in [0.5, 0.6) is 0 Å². The number of piperidine rings is 1. The van der Waals surface area contributed by atoms with E-state index in [1.807, 2.05) is 12.4 Å². The van der Waals surface area contributed by atoms with Crippen molar-refractivity contribution < 1.29 is 9.90 Å². The van der Waals surface area contributed by atoms with E-state index in [1.54, 1.807) is 11.3 Å². The lowest BCUT2D eigenvalue weighted by Gasteiger charge is -2.47. The number of aliphatic carboxylic acids is 1. The van der Waals surface area contributed by atoms with Crippen molar-refractivity contribution in [2.45, 2.75) is 64.1 Å². The number of hydrogen-bond acceptors (Lipinski definition) is 4. The van der Waals surface area contributed by atoms with E-state index >= 15 is 0 Å². The first-order valence-corrected chi connectivity index (χ1v) is 8.42. The number of rotatable bonds is 3. The maximum absolute atomic E-state index is 11.6. The number of thiazole rings is 1. The van der Waals surface area contributed by atoms with Gasteiger partial charge in [0, 0.05) is 17.5 Å². The molecule has 1 aromatic rings. The Hall–Kier alpha value is -0.940. The lowest BCUT2D eigenvalue weighted by Crippen LogP contribution is -2.54. The molecule has 2 fully saturated rings. The second-order valence-electron chi connectivity index (χ2n) is 6.08. The summed E-state index contributed by atoms with van der Waals surface area (Å²) in [6.45, 7) is 2.78. The van der Waals surface area contributed by atoms with Gasteiger partial charge in [0.15, 0.2) is 0 Å². The van der Waals surface area contributed by atoms with E-state index in [-0.39, 0.29) is 6.04 Å². The van der Waals surface area contributed by atoms with Gasteiger partial charge in [0.25, 0.3) is 0 Å². The zero-order chi connectivity index (χ0) is 14.1. The number of aromatic nitrogens is 1. The Labute approximate surface area is 123 Å². The average molecular weight is 294 g/mol. The van der Waals surface area contributed by atoms with Crippen LogP contribution in [0.25, 0.3) is 0 Å². The summed E-state index contributed by atoms with van der Waals surface area (Å²) >= 11 is 1.65. The summed E-state index contributed by atoms with van der Waals surface area (Å²) in [6, 6.07) is 0.149. The molecule has 3 rings (SSSR count). The molecular weight excluding hydrogens is 272 g/mol. The Balaban J connectivity index is 1.84. The Morgan fingerprint density at radius 1 is 1.40 bits per heavy atom. The van der Waals surface area contributed by atoms with Gasteiger partial charge >= 0.3 is 5.97 Å². The summed E-state index contributed by atoms with van der Waals surface area (Å²) in [5.41, 5.74) is 2.92. The maximum Gasteiger partial charge on any atom is 0.320 e. The first-order chi connectivity index (χ1) is 9.66. The highest BCUT2D eigenvalue weighted by Crippen LogP contribution is 2.39. The van der Waals surface area contributed by atoms with Crippen LogP contribution >= 0.6 is 11.3 Å². The third-order valence-electron chi connectivity index (χ3n) is 4.96. The predicted octanol–water partition coefficient (Wildman–Crippen LogP) is 3.06. The van der Waals surface area contributed by atoms with Crippen LogP contribution in [-0.4, -0.2) is 33.0 Å². The number of hydrogen-bond donors (Lipinski definition) is 1. The quantitative estimate of drug-likeness (QED) is 0.931. The molecule has 3 unspecified atom stereocenters. The van der Waals surface area contributed by atoms with Gasteiger partial charge in [0.1, 0.15) is 6.04 Å². The second kappa shape index (κ2) is 5.82. The lowest BCUT2D eigenvalue weighted by atomic mass is 9.76. The minimum Gasteiger partial charge on any atom is -0.480 e. The fraction of sp³-hybridized carbons (Fsp3) is 0.733. The highest BCUT2D eigenvalue weighted by molar-refractivity contribution is 7.09. The van der Waals surface area contributed by atoms with E-state index in [1.165, 1.54) is 24.1 Å². The summed E-state index contributed by atoms with van der Waals surface area (Å²) in [5, 5.41) is 9.54. The minimum absolute atomic E-state index is 0.309. The molecule has 0 aromatic carbocycles. The highest BCUT2D eigenvalue weighted by Gasteiger charge is 2.41. The number of carboxylic acid groups (broad SMARTS) is 1. The molecule has 110 valence electrons. The molecule has 1 saturated carbocycles. The molecule has 5 heteroatoms. The second-order valence-corrected chi connectivity index (χ2v) is 7.02. The molecule has 3 atom stereocenters. The van der Waals surface area contributed by atoms with Crippen LogP contribution in [0.3, 0.4) is 0 Å². The molecule has 1 aliphatic carbocycles. The van der Waals surface area contributed by atoms with Crippen molar-refractivity contribution in [3.8, 4) is 0 Å². The third kappa shape index (κ3) is 2.61. The van der Waals surface area contributed by atoms with E-state index in [9.17, 15) is 9.90 Å². The fourth-order valence-electron chi connectivity index (χ4n) is 3.87. The normalized spacial score (nSPS) is 30.9. The van der Waals surface area contributed by atoms with Gasteiger partial charge in [-0.25, -0.2) is 4.98 Å². The van der Waals surface area contributed by atoms with E-state index in [0.29, 0.717) is 12.0 Å². The lowest BCUT2D eigenvalue weighted by molar-refractivity contribution is -0.148. The van der Waals surface area contributed by atoms with Crippen molar-refractivity contribution >= 4 is 17.3 Å². The molecule has 0 amide bonds. The maximum atomic E-state index is 11.6. The zero-order valence-corrected chi connectivity index (χ0v) is 12.7.